The molecule has 0 spiro atoms. The summed E-state index contributed by atoms with van der Waals surface area (Å²) in [6.07, 6.45) is 3.07. The molecule has 0 bridgehead atoms. The van der Waals surface area contributed by atoms with Crippen LogP contribution in [-0.4, -0.2) is 36.1 Å². The number of nitrogens with one attached hydrogen (secondary N) is 1. The van der Waals surface area contributed by atoms with Crippen molar-refractivity contribution in [2.24, 2.45) is 5.41 Å². The number of aryl methyl sites for hydroxylation is 1. The van der Waals surface area contributed by atoms with Gasteiger partial charge in [0.1, 0.15) is 15.4 Å². The number of hydrogen-bond donors (Lipinski definition) is 1. The zero-order valence-corrected chi connectivity index (χ0v) is 17.5. The fourth-order valence-corrected chi connectivity index (χ4v) is 3.88. The number of H-pyrrole nitrogens is 1. The summed E-state index contributed by atoms with van der Waals surface area (Å²) < 4.78 is 6.48. The summed E-state index contributed by atoms with van der Waals surface area (Å²) >= 11 is 1.23. The summed E-state index contributed by atoms with van der Waals surface area (Å²) in [6.45, 7) is 10.3. The number of aromatic nitrogens is 5. The monoisotopic (exact) mass is 405 g/mol. The van der Waals surface area contributed by atoms with Gasteiger partial charge in [0.25, 0.3) is 5.56 Å². The molecule has 28 heavy (non-hydrogen) atoms. The van der Waals surface area contributed by atoms with Crippen molar-refractivity contribution in [2.45, 2.75) is 53.7 Å². The Morgan fingerprint density at radius 1 is 1.18 bits per heavy atom. The molecule has 0 atom stereocenters. The van der Waals surface area contributed by atoms with Crippen LogP contribution in [0.5, 0.6) is 0 Å². The molecule has 0 aromatic carbocycles. The summed E-state index contributed by atoms with van der Waals surface area (Å²) in [7, 11) is 0. The number of nitrogens with zero attached hydrogens (tertiary/aromatic N) is 4. The Hall–Kier alpha value is -2.75. The maximum absolute atomic E-state index is 13.1. The van der Waals surface area contributed by atoms with Crippen molar-refractivity contribution in [1.82, 2.24) is 24.5 Å². The quantitative estimate of drug-likeness (QED) is 0.665. The zero-order chi connectivity index (χ0) is 20.9. The largest absolute Gasteiger partial charge is 0.460 e. The van der Waals surface area contributed by atoms with Crippen LogP contribution in [0.4, 0.5) is 0 Å². The van der Waals surface area contributed by atoms with Gasteiger partial charge in [0.2, 0.25) is 0 Å². The molecule has 3 heterocycles. The summed E-state index contributed by atoms with van der Waals surface area (Å²) in [5, 5.41) is 9.21. The first kappa shape index (κ1) is 20.0. The van der Waals surface area contributed by atoms with Gasteiger partial charge in [0, 0.05) is 12.1 Å². The standard InChI is InChI=1S/C18H23N5O4S/c1-10-11-12(28-14(10)23-19-7-8-20-23)21-16(26)22(13(11)24)9-18(5,6)15(25)27-17(2,3)4/h7-8H,9H2,1-6H3,(H,21,26). The van der Waals surface area contributed by atoms with Gasteiger partial charge in [0.05, 0.1) is 23.2 Å². The number of hydrogen-bond acceptors (Lipinski definition) is 7. The highest BCUT2D eigenvalue weighted by Gasteiger charge is 2.34. The van der Waals surface area contributed by atoms with Crippen molar-refractivity contribution < 1.29 is 9.53 Å². The first-order valence-electron chi connectivity index (χ1n) is 8.77. The summed E-state index contributed by atoms with van der Waals surface area (Å²) in [6, 6.07) is 0. The lowest BCUT2D eigenvalue weighted by Gasteiger charge is -2.28. The van der Waals surface area contributed by atoms with Gasteiger partial charge in [-0.1, -0.05) is 11.3 Å². The summed E-state index contributed by atoms with van der Waals surface area (Å²) in [4.78, 5) is 42.8. The van der Waals surface area contributed by atoms with Crippen LogP contribution < -0.4 is 11.2 Å². The number of thiophene rings is 1. The van der Waals surface area contributed by atoms with Gasteiger partial charge in [-0.25, -0.2) is 4.79 Å². The molecule has 0 radical (unpaired) electrons. The van der Waals surface area contributed by atoms with E-state index in [1.165, 1.54) is 28.5 Å². The lowest BCUT2D eigenvalue weighted by Crippen LogP contribution is -2.43. The van der Waals surface area contributed by atoms with Crippen molar-refractivity contribution in [3.63, 3.8) is 0 Å². The van der Waals surface area contributed by atoms with E-state index in [9.17, 15) is 14.4 Å². The Balaban J connectivity index is 2.08. The molecule has 0 saturated heterocycles. The topological polar surface area (TPSA) is 112 Å². The minimum absolute atomic E-state index is 0.101. The predicted molar refractivity (Wildman–Crippen MR) is 106 cm³/mol. The van der Waals surface area contributed by atoms with E-state index < -0.39 is 28.2 Å². The van der Waals surface area contributed by atoms with Gasteiger partial charge >= 0.3 is 11.7 Å². The number of aromatic amines is 1. The number of ether oxygens (including phenoxy) is 1. The smallest absolute Gasteiger partial charge is 0.329 e. The average Bonchev–Trinajstić information content (AvgIpc) is 3.18. The number of esters is 1. The van der Waals surface area contributed by atoms with Gasteiger partial charge in [-0.3, -0.25) is 19.1 Å². The second-order valence-corrected chi connectivity index (χ2v) is 9.26. The average molecular weight is 405 g/mol. The lowest BCUT2D eigenvalue weighted by molar-refractivity contribution is -0.166. The van der Waals surface area contributed by atoms with Gasteiger partial charge in [0.15, 0.2) is 0 Å². The molecule has 3 rings (SSSR count). The maximum Gasteiger partial charge on any atom is 0.329 e. The van der Waals surface area contributed by atoms with Crippen molar-refractivity contribution >= 4 is 27.5 Å². The number of fused-ring (bicyclic) bond motifs is 1. The van der Waals surface area contributed by atoms with Crippen LogP contribution >= 0.6 is 11.3 Å². The SMILES string of the molecule is Cc1c(-n2nccn2)sc2[nH]c(=O)n(CC(C)(C)C(=O)OC(C)(C)C)c(=O)c12. The van der Waals surface area contributed by atoms with Crippen LogP contribution in [0.15, 0.2) is 22.0 Å². The van der Waals surface area contributed by atoms with Crippen LogP contribution in [0.2, 0.25) is 0 Å². The summed E-state index contributed by atoms with van der Waals surface area (Å²) in [5.41, 5.74) is -2.08. The Labute approximate surface area is 165 Å². The third-order valence-corrected chi connectivity index (χ3v) is 5.32. The highest BCUT2D eigenvalue weighted by atomic mass is 32.1. The van der Waals surface area contributed by atoms with Crippen molar-refractivity contribution in [2.75, 3.05) is 0 Å². The fraction of sp³-hybridized carbons (Fsp3) is 0.500. The first-order valence-corrected chi connectivity index (χ1v) is 9.59. The molecule has 0 aliphatic heterocycles. The molecule has 0 unspecified atom stereocenters. The lowest BCUT2D eigenvalue weighted by atomic mass is 9.93. The fourth-order valence-electron chi connectivity index (χ4n) is 2.77. The molecule has 0 aliphatic carbocycles. The van der Waals surface area contributed by atoms with Gasteiger partial charge in [-0.05, 0) is 41.5 Å². The molecule has 9 nitrogen and oxygen atoms in total. The normalized spacial score (nSPS) is 12.5. The van der Waals surface area contributed by atoms with Gasteiger partial charge in [-0.15, -0.1) is 4.80 Å². The van der Waals surface area contributed by atoms with E-state index in [-0.39, 0.29) is 6.54 Å². The van der Waals surface area contributed by atoms with Crippen molar-refractivity contribution in [3.05, 3.63) is 38.8 Å². The van der Waals surface area contributed by atoms with Gasteiger partial charge < -0.3 is 4.74 Å². The van der Waals surface area contributed by atoms with Gasteiger partial charge in [-0.2, -0.15) is 10.2 Å². The van der Waals surface area contributed by atoms with E-state index in [1.54, 1.807) is 41.5 Å². The molecule has 0 saturated carbocycles. The predicted octanol–water partition coefficient (Wildman–Crippen LogP) is 2.01. The van der Waals surface area contributed by atoms with E-state index in [1.807, 2.05) is 0 Å². The minimum atomic E-state index is -1.06. The molecule has 10 heteroatoms. The highest BCUT2D eigenvalue weighted by molar-refractivity contribution is 7.21. The van der Waals surface area contributed by atoms with E-state index >= 15 is 0 Å². The molecule has 0 amide bonds. The number of rotatable bonds is 4. The Morgan fingerprint density at radius 2 is 1.79 bits per heavy atom. The number of carbonyl (C=O) groups is 1. The highest BCUT2D eigenvalue weighted by Crippen LogP contribution is 2.29. The van der Waals surface area contributed by atoms with Crippen molar-refractivity contribution in [3.8, 4) is 5.00 Å². The van der Waals surface area contributed by atoms with Crippen LogP contribution in [0, 0.1) is 12.3 Å². The third-order valence-electron chi connectivity index (χ3n) is 4.15. The van der Waals surface area contributed by atoms with Crippen LogP contribution in [0.25, 0.3) is 15.2 Å². The van der Waals surface area contributed by atoms with Crippen LogP contribution in [-0.2, 0) is 16.1 Å². The maximum atomic E-state index is 13.1. The molecule has 3 aromatic rings. The van der Waals surface area contributed by atoms with E-state index in [4.69, 9.17) is 4.74 Å². The molecule has 0 fully saturated rings. The molecule has 3 aromatic heterocycles. The van der Waals surface area contributed by atoms with E-state index in [0.29, 0.717) is 20.8 Å². The van der Waals surface area contributed by atoms with Crippen LogP contribution in [0.3, 0.4) is 0 Å². The second kappa shape index (κ2) is 6.69. The van der Waals surface area contributed by atoms with E-state index in [0.717, 1.165) is 4.57 Å². The zero-order valence-electron chi connectivity index (χ0n) is 16.7. The molecule has 150 valence electrons. The van der Waals surface area contributed by atoms with E-state index in [2.05, 4.69) is 15.2 Å². The molecular formula is C18H23N5O4S. The summed E-state index contributed by atoms with van der Waals surface area (Å²) in [5.74, 6) is -0.477. The minimum Gasteiger partial charge on any atom is -0.460 e. The Morgan fingerprint density at radius 3 is 2.36 bits per heavy atom. The molecule has 1 N–H and O–H groups in total. The van der Waals surface area contributed by atoms with Crippen molar-refractivity contribution in [1.29, 1.82) is 0 Å². The van der Waals surface area contributed by atoms with Crippen LogP contribution in [0.1, 0.15) is 40.2 Å². The molecule has 0 aliphatic rings. The third kappa shape index (κ3) is 3.64. The Kier molecular flexibility index (Phi) is 4.78. The first-order chi connectivity index (χ1) is 12.9. The Bertz CT molecular complexity index is 1150. The molecular weight excluding hydrogens is 382 g/mol. The number of carbonyl (C=O) groups excluding carboxylic acids is 1. The second-order valence-electron chi connectivity index (χ2n) is 8.26.